The van der Waals surface area contributed by atoms with E-state index in [1.165, 1.54) is 18.2 Å². The highest BCUT2D eigenvalue weighted by atomic mass is 19.4. The highest BCUT2D eigenvalue weighted by molar-refractivity contribution is 5.84. The summed E-state index contributed by atoms with van der Waals surface area (Å²) in [5.41, 5.74) is -0.783. The summed E-state index contributed by atoms with van der Waals surface area (Å²) in [4.78, 5) is 13.3. The summed E-state index contributed by atoms with van der Waals surface area (Å²) in [6.45, 7) is 3.57. The van der Waals surface area contributed by atoms with Gasteiger partial charge in [0.15, 0.2) is 0 Å². The molecule has 4 atom stereocenters. The number of hydrogen-bond acceptors (Lipinski definition) is 3. The number of nitrogens with zero attached hydrogens (tertiary/aromatic N) is 1. The van der Waals surface area contributed by atoms with Crippen molar-refractivity contribution < 1.29 is 26.7 Å². The molecule has 0 aliphatic heterocycles. The van der Waals surface area contributed by atoms with Gasteiger partial charge in [-0.1, -0.05) is 74.5 Å². The molecule has 9 heteroatoms. The maximum absolute atomic E-state index is 14.3. The van der Waals surface area contributed by atoms with E-state index < -0.39 is 41.3 Å². The monoisotopic (exact) mass is 541 g/mol. The fourth-order valence-corrected chi connectivity index (χ4v) is 4.87. The predicted molar refractivity (Wildman–Crippen MR) is 137 cm³/mol. The highest BCUT2D eigenvalue weighted by Gasteiger charge is 2.57. The van der Waals surface area contributed by atoms with Gasteiger partial charge in [0.25, 0.3) is 0 Å². The predicted octanol–water partition coefficient (Wildman–Crippen LogP) is 6.81. The molecule has 0 radical (unpaired) electrons. The summed E-state index contributed by atoms with van der Waals surface area (Å²) in [7, 11) is 0. The molecular formula is C30H28F5N3O. The van der Waals surface area contributed by atoms with Crippen molar-refractivity contribution >= 4 is 5.91 Å². The Labute approximate surface area is 223 Å². The molecule has 0 unspecified atom stereocenters. The first kappa shape index (κ1) is 28.2. The third-order valence-corrected chi connectivity index (χ3v) is 6.92. The number of carbonyl (C=O) groups excluding carboxylic acids is 1. The van der Waals surface area contributed by atoms with Crippen LogP contribution >= 0.6 is 0 Å². The largest absolute Gasteiger partial charge is 0.407 e. The first-order valence-corrected chi connectivity index (χ1v) is 12.6. The third kappa shape index (κ3) is 6.28. The lowest BCUT2D eigenvalue weighted by molar-refractivity contribution is -0.161. The van der Waals surface area contributed by atoms with E-state index in [0.29, 0.717) is 6.42 Å². The van der Waals surface area contributed by atoms with Gasteiger partial charge in [-0.05, 0) is 47.6 Å². The molecule has 204 valence electrons. The van der Waals surface area contributed by atoms with E-state index in [1.54, 1.807) is 13.8 Å². The molecule has 1 amide bonds. The Morgan fingerprint density at radius 3 is 2.15 bits per heavy atom. The summed E-state index contributed by atoms with van der Waals surface area (Å²) < 4.78 is 71.1. The molecule has 3 aromatic carbocycles. The minimum Gasteiger partial charge on any atom is -0.336 e. The van der Waals surface area contributed by atoms with E-state index in [1.807, 2.05) is 30.3 Å². The van der Waals surface area contributed by atoms with Gasteiger partial charge in [0, 0.05) is 5.92 Å². The van der Waals surface area contributed by atoms with Crippen molar-refractivity contribution in [1.82, 2.24) is 10.6 Å². The second-order valence-corrected chi connectivity index (χ2v) is 10.3. The number of carbonyl (C=O) groups is 1. The normalized spacial score (nSPS) is 20.2. The first-order valence-electron chi connectivity index (χ1n) is 12.6. The number of amides is 1. The van der Waals surface area contributed by atoms with Crippen LogP contribution in [0, 0.1) is 28.9 Å². The van der Waals surface area contributed by atoms with Crippen molar-refractivity contribution in [2.45, 2.75) is 56.4 Å². The number of nitrogens with one attached hydrogen (secondary N) is 2. The number of hydrogen-bond donors (Lipinski definition) is 2. The third-order valence-electron chi connectivity index (χ3n) is 6.92. The number of halogens is 5. The fraction of sp³-hybridized carbons (Fsp3) is 0.333. The molecule has 0 aromatic heterocycles. The molecule has 4 rings (SSSR count). The lowest BCUT2D eigenvalue weighted by Crippen LogP contribution is -2.52. The lowest BCUT2D eigenvalue weighted by atomic mass is 9.97. The number of rotatable bonds is 9. The Kier molecular flexibility index (Phi) is 8.07. The molecule has 4 nitrogen and oxygen atoms in total. The van der Waals surface area contributed by atoms with Gasteiger partial charge < -0.3 is 5.32 Å². The molecule has 39 heavy (non-hydrogen) atoms. The van der Waals surface area contributed by atoms with E-state index in [9.17, 15) is 32.0 Å². The second-order valence-electron chi connectivity index (χ2n) is 10.3. The van der Waals surface area contributed by atoms with Crippen LogP contribution in [0.25, 0.3) is 11.1 Å². The molecule has 0 saturated heterocycles. The quantitative estimate of drug-likeness (QED) is 0.293. The summed E-state index contributed by atoms with van der Waals surface area (Å²) >= 11 is 0. The topological polar surface area (TPSA) is 64.9 Å². The van der Waals surface area contributed by atoms with Crippen molar-refractivity contribution in [2.24, 2.45) is 5.92 Å². The zero-order valence-corrected chi connectivity index (χ0v) is 21.4. The smallest absolute Gasteiger partial charge is 0.336 e. The van der Waals surface area contributed by atoms with Crippen molar-refractivity contribution in [3.05, 3.63) is 95.6 Å². The SMILES string of the molecule is CC(C)C[C@H](N[C@@H](c1ccc(-c2c(F)cccc2F)cc1)C(F)(F)F)C(=O)N[C@]1(C#N)C[C@H]1c1ccccc1. The Morgan fingerprint density at radius 2 is 1.62 bits per heavy atom. The van der Waals surface area contributed by atoms with Gasteiger partial charge in [0.05, 0.1) is 17.7 Å². The maximum Gasteiger partial charge on any atom is 0.407 e. The Morgan fingerprint density at radius 1 is 1.00 bits per heavy atom. The number of nitriles is 1. The maximum atomic E-state index is 14.3. The minimum absolute atomic E-state index is 0.0865. The van der Waals surface area contributed by atoms with E-state index >= 15 is 0 Å². The summed E-state index contributed by atoms with van der Waals surface area (Å²) in [6, 6.07) is 15.9. The van der Waals surface area contributed by atoms with E-state index in [4.69, 9.17) is 0 Å². The zero-order valence-electron chi connectivity index (χ0n) is 21.4. The van der Waals surface area contributed by atoms with Crippen LogP contribution in [0.1, 0.15) is 49.8 Å². The van der Waals surface area contributed by atoms with Crippen LogP contribution in [-0.4, -0.2) is 23.7 Å². The molecule has 1 aliphatic rings. The summed E-state index contributed by atoms with van der Waals surface area (Å²) in [6.07, 6.45) is -4.32. The molecule has 0 spiro atoms. The van der Waals surface area contributed by atoms with E-state index in [0.717, 1.165) is 29.8 Å². The fourth-order valence-electron chi connectivity index (χ4n) is 4.87. The average molecular weight is 542 g/mol. The van der Waals surface area contributed by atoms with Gasteiger partial charge in [-0.2, -0.15) is 18.4 Å². The van der Waals surface area contributed by atoms with Crippen LogP contribution in [0.2, 0.25) is 0 Å². The Bertz CT molecular complexity index is 1330. The van der Waals surface area contributed by atoms with E-state index in [-0.39, 0.29) is 34.9 Å². The van der Waals surface area contributed by atoms with Crippen LogP contribution in [0.15, 0.2) is 72.8 Å². The van der Waals surface area contributed by atoms with Gasteiger partial charge >= 0.3 is 6.18 Å². The molecule has 1 aliphatic carbocycles. The minimum atomic E-state index is -4.78. The van der Waals surface area contributed by atoms with Crippen LogP contribution in [0.5, 0.6) is 0 Å². The average Bonchev–Trinajstić information content (AvgIpc) is 3.61. The Balaban J connectivity index is 1.57. The van der Waals surface area contributed by atoms with Crippen LogP contribution < -0.4 is 10.6 Å². The van der Waals surface area contributed by atoms with Crippen molar-refractivity contribution in [3.63, 3.8) is 0 Å². The molecule has 0 bridgehead atoms. The van der Waals surface area contributed by atoms with Crippen LogP contribution in [0.3, 0.4) is 0 Å². The molecule has 0 heterocycles. The first-order chi connectivity index (χ1) is 18.4. The standard InChI is InChI=1S/C30H28F5N3O/c1-18(2)15-25(28(39)38-29(17-36)16-22(29)19-7-4-3-5-8-19)37-27(30(33,34)35)21-13-11-20(12-14-21)26-23(31)9-6-10-24(26)32/h3-14,18,22,25,27,37H,15-16H2,1-2H3,(H,38,39)/t22-,25-,27-,29-/m0/s1. The molecule has 2 N–H and O–H groups in total. The zero-order chi connectivity index (χ0) is 28.4. The lowest BCUT2D eigenvalue weighted by Gasteiger charge is -2.29. The van der Waals surface area contributed by atoms with Gasteiger partial charge in [-0.25, -0.2) is 8.78 Å². The van der Waals surface area contributed by atoms with Crippen molar-refractivity contribution in [2.75, 3.05) is 0 Å². The van der Waals surface area contributed by atoms with Crippen LogP contribution in [-0.2, 0) is 4.79 Å². The summed E-state index contributed by atoms with van der Waals surface area (Å²) in [5.74, 6) is -2.74. The highest BCUT2D eigenvalue weighted by Crippen LogP contribution is 2.51. The van der Waals surface area contributed by atoms with Gasteiger partial charge in [0.2, 0.25) is 5.91 Å². The molecule has 3 aromatic rings. The molecule has 1 saturated carbocycles. The van der Waals surface area contributed by atoms with Crippen molar-refractivity contribution in [3.8, 4) is 17.2 Å². The van der Waals surface area contributed by atoms with Gasteiger partial charge in [-0.3, -0.25) is 10.1 Å². The van der Waals surface area contributed by atoms with Gasteiger partial charge in [0.1, 0.15) is 23.2 Å². The Hall–Kier alpha value is -3.77. The van der Waals surface area contributed by atoms with Crippen LogP contribution in [0.4, 0.5) is 22.0 Å². The van der Waals surface area contributed by atoms with E-state index in [2.05, 4.69) is 16.7 Å². The number of benzene rings is 3. The number of alkyl halides is 3. The second kappa shape index (κ2) is 11.1. The molecule has 1 fully saturated rings. The summed E-state index contributed by atoms with van der Waals surface area (Å²) in [5, 5.41) is 15.0. The van der Waals surface area contributed by atoms with Gasteiger partial charge in [-0.15, -0.1) is 0 Å². The molecular weight excluding hydrogens is 513 g/mol. The van der Waals surface area contributed by atoms with Crippen molar-refractivity contribution in [1.29, 1.82) is 5.26 Å².